The van der Waals surface area contributed by atoms with Gasteiger partial charge in [-0.1, -0.05) is 90.8 Å². The maximum absolute atomic E-state index is 15.0. The quantitative estimate of drug-likeness (QED) is 0.0390. The van der Waals surface area contributed by atoms with Crippen LogP contribution in [0.3, 0.4) is 0 Å². The van der Waals surface area contributed by atoms with Crippen molar-refractivity contribution in [1.82, 2.24) is 4.90 Å². The van der Waals surface area contributed by atoms with E-state index in [0.717, 1.165) is 53.2 Å². The van der Waals surface area contributed by atoms with Gasteiger partial charge in [-0.3, -0.25) is 10.1 Å². The number of hydrogen-bond donors (Lipinski definition) is 3. The average Bonchev–Trinajstić information content (AvgIpc) is 3.36. The molecule has 5 aromatic carbocycles. The third-order valence-electron chi connectivity index (χ3n) is 13.5. The molecule has 0 spiro atoms. The second kappa shape index (κ2) is 22.0. The van der Waals surface area contributed by atoms with Gasteiger partial charge in [0.05, 0.1) is 38.1 Å². The lowest BCUT2D eigenvalue weighted by Gasteiger charge is -2.59. The number of unbranched alkanes of at least 4 members (excludes halogenated alkanes) is 2. The number of likely N-dealkylation sites (N-methyl/N-ethyl adjacent to an activating group) is 1. The van der Waals surface area contributed by atoms with E-state index in [9.17, 15) is 19.8 Å². The Balaban J connectivity index is 1.27. The van der Waals surface area contributed by atoms with E-state index in [2.05, 4.69) is 18.0 Å². The number of fused-ring (bicyclic) bond motifs is 3. The second-order valence-electron chi connectivity index (χ2n) is 17.6. The van der Waals surface area contributed by atoms with Crippen molar-refractivity contribution in [2.75, 3.05) is 46.4 Å². The number of carbonyl (C=O) groups is 2. The molecule has 0 saturated heterocycles. The van der Waals surface area contributed by atoms with Crippen LogP contribution in [0, 0.1) is 17.8 Å². The molecule has 0 bridgehead atoms. The molecule has 2 amide bonds. The summed E-state index contributed by atoms with van der Waals surface area (Å²) in [6.07, 6.45) is 7.78. The number of oxime groups is 1. The number of hydrogen-bond acceptors (Lipinski definition) is 11. The highest BCUT2D eigenvalue weighted by Crippen LogP contribution is 2.62. The number of aliphatic hydroxyl groups excluding tert-OH is 2. The van der Waals surface area contributed by atoms with E-state index < -0.39 is 23.8 Å². The summed E-state index contributed by atoms with van der Waals surface area (Å²) in [5.74, 6) is -0.824. The van der Waals surface area contributed by atoms with Crippen molar-refractivity contribution in [3.8, 4) is 23.0 Å². The van der Waals surface area contributed by atoms with Crippen LogP contribution in [0.2, 0.25) is 0 Å². The Labute approximate surface area is 397 Å². The predicted octanol–water partition coefficient (Wildman–Crippen LogP) is 10.1. The zero-order chi connectivity index (χ0) is 47.6. The number of amides is 2. The van der Waals surface area contributed by atoms with Gasteiger partial charge in [-0.2, -0.15) is 0 Å². The molecule has 0 aromatic heterocycles. The number of nitrogens with one attached hydrogen (secondary N) is 1. The van der Waals surface area contributed by atoms with Crippen LogP contribution < -0.4 is 24.3 Å². The molecule has 0 radical (unpaired) electrons. The first-order valence-electron chi connectivity index (χ1n) is 23.4. The van der Waals surface area contributed by atoms with Crippen LogP contribution in [0.15, 0.2) is 139 Å². The third-order valence-corrected chi connectivity index (χ3v) is 13.5. The van der Waals surface area contributed by atoms with Crippen LogP contribution in [-0.2, 0) is 16.2 Å². The summed E-state index contributed by atoms with van der Waals surface area (Å²) in [5, 5.41) is 29.7. The summed E-state index contributed by atoms with van der Waals surface area (Å²) >= 11 is 0. The van der Waals surface area contributed by atoms with Crippen LogP contribution in [0.1, 0.15) is 72.3 Å². The summed E-state index contributed by atoms with van der Waals surface area (Å²) in [5.41, 5.74) is 4.24. The Morgan fingerprint density at radius 1 is 0.868 bits per heavy atom. The topological polar surface area (TPSA) is 158 Å². The summed E-state index contributed by atoms with van der Waals surface area (Å²) < 4.78 is 31.3. The van der Waals surface area contributed by atoms with Crippen LogP contribution in [0.25, 0.3) is 10.8 Å². The van der Waals surface area contributed by atoms with Crippen molar-refractivity contribution in [2.45, 2.75) is 69.3 Å². The molecular weight excluding hydrogens is 863 g/mol. The molecule has 356 valence electrons. The van der Waals surface area contributed by atoms with E-state index in [4.69, 9.17) is 33.7 Å². The van der Waals surface area contributed by atoms with Gasteiger partial charge in [0.1, 0.15) is 35.6 Å². The Bertz CT molecular complexity index is 2630. The molecule has 6 atom stereocenters. The van der Waals surface area contributed by atoms with E-state index in [-0.39, 0.29) is 62.3 Å². The highest BCUT2D eigenvalue weighted by molar-refractivity contribution is 6.04. The zero-order valence-corrected chi connectivity index (χ0v) is 39.0. The van der Waals surface area contributed by atoms with Crippen molar-refractivity contribution in [3.63, 3.8) is 0 Å². The SMILES string of the molecule is C=CCOC12Oc3ccc(OC(=O)Nc4ccc(OC)cc4OC)cc3C3C(CCCCO)C(CCCCO)C=C(C(=NOCc4ccccc4)CC1N(C)C(=O)c1ccc4ccccc4c1)C32. The van der Waals surface area contributed by atoms with E-state index in [0.29, 0.717) is 47.1 Å². The molecule has 8 rings (SSSR count). The zero-order valence-electron chi connectivity index (χ0n) is 39.0. The smallest absolute Gasteiger partial charge is 0.417 e. The molecule has 68 heavy (non-hydrogen) atoms. The number of rotatable bonds is 20. The highest BCUT2D eigenvalue weighted by atomic mass is 16.7. The summed E-state index contributed by atoms with van der Waals surface area (Å²) in [7, 11) is 4.85. The number of carbonyl (C=O) groups excluding carboxylic acids is 2. The molecule has 3 N–H and O–H groups in total. The molecule has 1 fully saturated rings. The van der Waals surface area contributed by atoms with Gasteiger partial charge < -0.3 is 43.6 Å². The minimum atomic E-state index is -1.46. The first-order chi connectivity index (χ1) is 33.2. The van der Waals surface area contributed by atoms with E-state index >= 15 is 0 Å². The van der Waals surface area contributed by atoms with Gasteiger partial charge in [-0.25, -0.2) is 4.79 Å². The van der Waals surface area contributed by atoms with E-state index in [1.165, 1.54) is 7.11 Å². The lowest BCUT2D eigenvalue weighted by molar-refractivity contribution is -0.252. The molecule has 1 saturated carbocycles. The number of benzene rings is 5. The standard InChI is InChI=1S/C55H61N3O10/c1-5-29-65-55-50(58(2)53(61)40-22-21-37-17-9-10-18-38(37)30-40)34-47(57-66-35-36-15-7-6-8-16-36)44-31-39(19-11-13-27-59)43(20-12-14-28-60)51(52(44)55)45-32-42(24-26-48(45)68-55)67-54(62)56-46-25-23-41(63-3)33-49(46)64-4/h5-10,15-18,21-26,30-33,39,43,50-52,59-60H,1,11-14,19-20,27-29,34-35H2,2-4H3,(H,56,62). The van der Waals surface area contributed by atoms with Crippen molar-refractivity contribution < 1.29 is 48.3 Å². The fourth-order valence-electron chi connectivity index (χ4n) is 10.4. The van der Waals surface area contributed by atoms with Crippen LogP contribution in [-0.4, -0.2) is 85.7 Å². The molecule has 6 unspecified atom stereocenters. The number of ether oxygens (including phenoxy) is 5. The Kier molecular flexibility index (Phi) is 15.4. The van der Waals surface area contributed by atoms with E-state index in [1.807, 2.05) is 78.9 Å². The van der Waals surface area contributed by atoms with Gasteiger partial charge in [0.2, 0.25) is 5.79 Å². The summed E-state index contributed by atoms with van der Waals surface area (Å²) in [6.45, 7) is 4.51. The third kappa shape index (κ3) is 10.1. The number of methoxy groups -OCH3 is 2. The molecule has 1 aliphatic heterocycles. The van der Waals surface area contributed by atoms with Gasteiger partial charge in [0.15, 0.2) is 0 Å². The maximum Gasteiger partial charge on any atom is 0.417 e. The lowest BCUT2D eigenvalue weighted by Crippen LogP contribution is -2.69. The van der Waals surface area contributed by atoms with E-state index in [1.54, 1.807) is 55.5 Å². The molecule has 3 aliphatic rings. The summed E-state index contributed by atoms with van der Waals surface area (Å²) in [4.78, 5) is 36.5. The number of nitrogens with zero attached hydrogens (tertiary/aromatic N) is 2. The number of aliphatic hydroxyl groups is 2. The molecule has 13 heteroatoms. The first kappa shape index (κ1) is 47.8. The Hall–Kier alpha value is -6.67. The van der Waals surface area contributed by atoms with Crippen molar-refractivity contribution >= 4 is 34.2 Å². The van der Waals surface area contributed by atoms with Crippen LogP contribution in [0.5, 0.6) is 23.0 Å². The fourth-order valence-corrected chi connectivity index (χ4v) is 10.4. The first-order valence-corrected chi connectivity index (χ1v) is 23.4. The second-order valence-corrected chi connectivity index (χ2v) is 17.6. The minimum Gasteiger partial charge on any atom is -0.497 e. The monoisotopic (exact) mass is 923 g/mol. The van der Waals surface area contributed by atoms with Gasteiger partial charge >= 0.3 is 6.09 Å². The van der Waals surface area contributed by atoms with Gasteiger partial charge in [0.25, 0.3) is 5.91 Å². The number of anilines is 1. The maximum atomic E-state index is 15.0. The fraction of sp³-hybridized carbons (Fsp3) is 0.364. The molecule has 2 aliphatic carbocycles. The Morgan fingerprint density at radius 3 is 2.37 bits per heavy atom. The largest absolute Gasteiger partial charge is 0.497 e. The number of allylic oxidation sites excluding steroid dienone is 1. The van der Waals surface area contributed by atoms with Crippen LogP contribution >= 0.6 is 0 Å². The van der Waals surface area contributed by atoms with Crippen LogP contribution in [0.4, 0.5) is 10.5 Å². The van der Waals surface area contributed by atoms with Gasteiger partial charge in [0, 0.05) is 49.8 Å². The molecule has 13 nitrogen and oxygen atoms in total. The Morgan fingerprint density at radius 2 is 1.62 bits per heavy atom. The minimum absolute atomic E-state index is 0.00259. The highest BCUT2D eigenvalue weighted by Gasteiger charge is 2.65. The van der Waals surface area contributed by atoms with Gasteiger partial charge in [-0.05, 0) is 102 Å². The normalized spacial score (nSPS) is 21.9. The molecular formula is C55H61N3O10. The lowest BCUT2D eigenvalue weighted by atomic mass is 9.55. The predicted molar refractivity (Wildman–Crippen MR) is 261 cm³/mol. The van der Waals surface area contributed by atoms with Crippen molar-refractivity contribution in [3.05, 3.63) is 150 Å². The van der Waals surface area contributed by atoms with Gasteiger partial charge in [-0.15, -0.1) is 6.58 Å². The summed E-state index contributed by atoms with van der Waals surface area (Å²) in [6, 6.07) is 33.2. The van der Waals surface area contributed by atoms with Crippen molar-refractivity contribution in [2.24, 2.45) is 22.9 Å². The molecule has 1 heterocycles. The average molecular weight is 924 g/mol. The molecule has 5 aromatic rings. The van der Waals surface area contributed by atoms with Crippen molar-refractivity contribution in [1.29, 1.82) is 0 Å².